The lowest BCUT2D eigenvalue weighted by Crippen LogP contribution is -2.47. The van der Waals surface area contributed by atoms with E-state index in [1.807, 2.05) is 0 Å². The van der Waals surface area contributed by atoms with Gasteiger partial charge in [-0.15, -0.1) is 0 Å². The van der Waals surface area contributed by atoms with Crippen molar-refractivity contribution in [2.24, 2.45) is 0 Å². The Kier molecular flexibility index (Phi) is 3.63. The van der Waals surface area contributed by atoms with E-state index in [1.165, 1.54) is 0 Å². The van der Waals surface area contributed by atoms with Gasteiger partial charge in [0.25, 0.3) is 0 Å². The molecule has 1 aromatic heterocycles. The number of nitrogens with two attached hydrogens (primary N) is 1. The second kappa shape index (κ2) is 5.18. The molecular weight excluding hydrogens is 218 g/mol. The molecule has 0 spiro atoms. The number of nitrogens with one attached hydrogen (secondary N) is 1. The fraction of sp³-hybridized carbons (Fsp3) is 0.636. The van der Waals surface area contributed by atoms with E-state index in [1.54, 1.807) is 17.1 Å². The maximum atomic E-state index is 11.8. The van der Waals surface area contributed by atoms with Gasteiger partial charge in [0.05, 0.1) is 11.9 Å². The zero-order chi connectivity index (χ0) is 12.3. The number of carbonyl (C=O) groups excluding carboxylic acids is 1. The van der Waals surface area contributed by atoms with Gasteiger partial charge in [-0.1, -0.05) is 0 Å². The smallest absolute Gasteiger partial charge is 0.241 e. The van der Waals surface area contributed by atoms with Crippen molar-refractivity contribution in [3.63, 3.8) is 0 Å². The Bertz CT molecular complexity index is 389. The van der Waals surface area contributed by atoms with E-state index < -0.39 is 0 Å². The molecule has 3 N–H and O–H groups in total. The van der Waals surface area contributed by atoms with Crippen molar-refractivity contribution < 1.29 is 4.79 Å². The number of piperidine rings is 1. The maximum absolute atomic E-state index is 11.8. The van der Waals surface area contributed by atoms with Crippen LogP contribution in [-0.2, 0) is 11.3 Å². The third kappa shape index (κ3) is 3.45. The second-order valence-corrected chi connectivity index (χ2v) is 4.64. The third-order valence-corrected chi connectivity index (χ3v) is 2.95. The molecule has 94 valence electrons. The van der Waals surface area contributed by atoms with Crippen molar-refractivity contribution in [3.05, 3.63) is 12.4 Å². The highest BCUT2D eigenvalue weighted by Crippen LogP contribution is 2.07. The van der Waals surface area contributed by atoms with Crippen LogP contribution in [0.15, 0.2) is 12.4 Å². The van der Waals surface area contributed by atoms with Gasteiger partial charge >= 0.3 is 0 Å². The van der Waals surface area contributed by atoms with Crippen LogP contribution in [0.5, 0.6) is 0 Å². The number of rotatable bonds is 3. The minimum absolute atomic E-state index is 0.00611. The molecular formula is C11H19N5O. The predicted molar refractivity (Wildman–Crippen MR) is 65.3 cm³/mol. The molecule has 0 aromatic carbocycles. The molecule has 0 radical (unpaired) electrons. The summed E-state index contributed by atoms with van der Waals surface area (Å²) in [7, 11) is 2.08. The number of carbonyl (C=O) groups is 1. The molecule has 2 heterocycles. The SMILES string of the molecule is CN1CCCC(NC(=O)Cn2cc(N)cn2)C1. The molecule has 6 nitrogen and oxygen atoms in total. The first kappa shape index (κ1) is 11.9. The molecule has 2 rings (SSSR count). The van der Waals surface area contributed by atoms with Gasteiger partial charge in [-0.25, -0.2) is 0 Å². The van der Waals surface area contributed by atoms with E-state index in [2.05, 4.69) is 22.4 Å². The molecule has 6 heteroatoms. The summed E-state index contributed by atoms with van der Waals surface area (Å²) in [5.41, 5.74) is 6.11. The van der Waals surface area contributed by atoms with E-state index >= 15 is 0 Å². The van der Waals surface area contributed by atoms with Crippen molar-refractivity contribution in [1.29, 1.82) is 0 Å². The predicted octanol–water partition coefficient (Wildman–Crippen LogP) is -0.324. The Morgan fingerprint density at radius 1 is 1.71 bits per heavy atom. The molecule has 17 heavy (non-hydrogen) atoms. The van der Waals surface area contributed by atoms with Gasteiger partial charge in [0.15, 0.2) is 0 Å². The summed E-state index contributed by atoms with van der Waals surface area (Å²) >= 11 is 0. The number of anilines is 1. The number of hydrogen-bond donors (Lipinski definition) is 2. The van der Waals surface area contributed by atoms with Gasteiger partial charge < -0.3 is 16.0 Å². The largest absolute Gasteiger partial charge is 0.396 e. The van der Waals surface area contributed by atoms with Gasteiger partial charge in [-0.05, 0) is 26.4 Å². The molecule has 1 amide bonds. The highest BCUT2D eigenvalue weighted by atomic mass is 16.2. The van der Waals surface area contributed by atoms with Gasteiger partial charge in [0.2, 0.25) is 5.91 Å². The quantitative estimate of drug-likeness (QED) is 0.755. The van der Waals surface area contributed by atoms with Crippen molar-refractivity contribution in [2.45, 2.75) is 25.4 Å². The number of likely N-dealkylation sites (N-methyl/N-ethyl adjacent to an activating group) is 1. The van der Waals surface area contributed by atoms with Gasteiger partial charge in [-0.3, -0.25) is 9.48 Å². The van der Waals surface area contributed by atoms with Crippen LogP contribution in [0.4, 0.5) is 5.69 Å². The Balaban J connectivity index is 1.80. The van der Waals surface area contributed by atoms with Gasteiger partial charge in [0.1, 0.15) is 6.54 Å². The Labute approximate surface area is 101 Å². The van der Waals surface area contributed by atoms with Crippen LogP contribution >= 0.6 is 0 Å². The summed E-state index contributed by atoms with van der Waals surface area (Å²) in [6.07, 6.45) is 5.39. The third-order valence-electron chi connectivity index (χ3n) is 2.95. The van der Waals surface area contributed by atoms with Crippen LogP contribution in [0.2, 0.25) is 0 Å². The van der Waals surface area contributed by atoms with Crippen molar-refractivity contribution in [2.75, 3.05) is 25.9 Å². The zero-order valence-electron chi connectivity index (χ0n) is 10.1. The standard InChI is InChI=1S/C11H19N5O/c1-15-4-2-3-10(7-15)14-11(17)8-16-6-9(12)5-13-16/h5-6,10H,2-4,7-8,12H2,1H3,(H,14,17). The van der Waals surface area contributed by atoms with Crippen LogP contribution < -0.4 is 11.1 Å². The van der Waals surface area contributed by atoms with Crippen LogP contribution in [0.3, 0.4) is 0 Å². The van der Waals surface area contributed by atoms with Gasteiger partial charge in [-0.2, -0.15) is 5.10 Å². The van der Waals surface area contributed by atoms with Crippen LogP contribution in [0.25, 0.3) is 0 Å². The lowest BCUT2D eigenvalue weighted by molar-refractivity contribution is -0.122. The Morgan fingerprint density at radius 2 is 2.53 bits per heavy atom. The second-order valence-electron chi connectivity index (χ2n) is 4.64. The average Bonchev–Trinajstić information content (AvgIpc) is 2.63. The average molecular weight is 237 g/mol. The molecule has 1 aromatic rings. The number of aromatic nitrogens is 2. The molecule has 0 aliphatic carbocycles. The number of hydrogen-bond acceptors (Lipinski definition) is 4. The number of nitrogen functional groups attached to an aromatic ring is 1. The molecule has 1 unspecified atom stereocenters. The normalized spacial score (nSPS) is 21.4. The minimum atomic E-state index is -0.00611. The molecule has 1 aliphatic heterocycles. The summed E-state index contributed by atoms with van der Waals surface area (Å²) in [6.45, 7) is 2.27. The first-order chi connectivity index (χ1) is 8.13. The number of nitrogens with zero attached hydrogens (tertiary/aromatic N) is 3. The molecule has 0 bridgehead atoms. The van der Waals surface area contributed by atoms with Crippen molar-refractivity contribution in [3.8, 4) is 0 Å². The van der Waals surface area contributed by atoms with E-state index in [-0.39, 0.29) is 18.5 Å². The summed E-state index contributed by atoms with van der Waals surface area (Å²) in [6, 6.07) is 0.258. The molecule has 0 saturated carbocycles. The fourth-order valence-electron chi connectivity index (χ4n) is 2.17. The van der Waals surface area contributed by atoms with E-state index in [0.717, 1.165) is 25.9 Å². The van der Waals surface area contributed by atoms with Crippen LogP contribution in [0.1, 0.15) is 12.8 Å². The number of likely N-dealkylation sites (tertiary alicyclic amines) is 1. The topological polar surface area (TPSA) is 76.2 Å². The Hall–Kier alpha value is -1.56. The van der Waals surface area contributed by atoms with E-state index in [9.17, 15) is 4.79 Å². The maximum Gasteiger partial charge on any atom is 0.241 e. The highest BCUT2D eigenvalue weighted by Gasteiger charge is 2.18. The van der Waals surface area contributed by atoms with Crippen molar-refractivity contribution >= 4 is 11.6 Å². The van der Waals surface area contributed by atoms with Crippen LogP contribution in [0, 0.1) is 0 Å². The van der Waals surface area contributed by atoms with Crippen LogP contribution in [-0.4, -0.2) is 46.8 Å². The summed E-state index contributed by atoms with van der Waals surface area (Å²) in [4.78, 5) is 14.0. The van der Waals surface area contributed by atoms with Crippen molar-refractivity contribution in [1.82, 2.24) is 20.0 Å². The summed E-state index contributed by atoms with van der Waals surface area (Å²) < 4.78 is 1.55. The zero-order valence-corrected chi connectivity index (χ0v) is 10.1. The highest BCUT2D eigenvalue weighted by molar-refractivity contribution is 5.76. The molecule has 1 fully saturated rings. The Morgan fingerprint density at radius 3 is 3.18 bits per heavy atom. The first-order valence-corrected chi connectivity index (χ1v) is 5.89. The lowest BCUT2D eigenvalue weighted by Gasteiger charge is -2.30. The van der Waals surface area contributed by atoms with E-state index in [0.29, 0.717) is 5.69 Å². The fourth-order valence-corrected chi connectivity index (χ4v) is 2.17. The van der Waals surface area contributed by atoms with E-state index in [4.69, 9.17) is 5.73 Å². The first-order valence-electron chi connectivity index (χ1n) is 5.89. The molecule has 1 atom stereocenters. The lowest BCUT2D eigenvalue weighted by atomic mass is 10.1. The number of amides is 1. The molecule has 1 saturated heterocycles. The minimum Gasteiger partial charge on any atom is -0.396 e. The monoisotopic (exact) mass is 237 g/mol. The molecule has 1 aliphatic rings. The summed E-state index contributed by atoms with van der Waals surface area (Å²) in [5, 5.41) is 7.01. The summed E-state index contributed by atoms with van der Waals surface area (Å²) in [5.74, 6) is -0.00611. The van der Waals surface area contributed by atoms with Gasteiger partial charge in [0, 0.05) is 18.8 Å².